The Labute approximate surface area is 222 Å². The predicted octanol–water partition coefficient (Wildman–Crippen LogP) is 6.79. The van der Waals surface area contributed by atoms with Gasteiger partial charge in [-0.15, -0.1) is 0 Å². The van der Waals surface area contributed by atoms with Crippen LogP contribution in [-0.4, -0.2) is 43.1 Å². The number of fused-ring (bicyclic) bond motifs is 1. The highest BCUT2D eigenvalue weighted by atomic mass is 17.2. The summed E-state index contributed by atoms with van der Waals surface area (Å²) >= 11 is 0. The van der Waals surface area contributed by atoms with E-state index in [1.165, 1.54) is 38.0 Å². The molecule has 1 saturated carbocycles. The molecule has 5 rings (SSSR count). The zero-order valence-electron chi connectivity index (χ0n) is 21.9. The normalized spacial score (nSPS) is 18.6. The van der Waals surface area contributed by atoms with Crippen molar-refractivity contribution >= 4 is 16.6 Å². The Morgan fingerprint density at radius 1 is 1.05 bits per heavy atom. The smallest absolute Gasteiger partial charge is 0.311 e. The molecule has 1 unspecified atom stereocenters. The van der Waals surface area contributed by atoms with Crippen LogP contribution in [-0.2, 0) is 25.9 Å². The molecule has 0 radical (unpaired) electrons. The summed E-state index contributed by atoms with van der Waals surface area (Å²) in [4.78, 5) is 25.2. The summed E-state index contributed by atoms with van der Waals surface area (Å²) in [5.74, 6) is 0.629. The lowest BCUT2D eigenvalue weighted by atomic mass is 9.81. The summed E-state index contributed by atoms with van der Waals surface area (Å²) in [6.07, 6.45) is 8.51. The van der Waals surface area contributed by atoms with Gasteiger partial charge in [-0.3, -0.25) is 10.1 Å². The predicted molar refractivity (Wildman–Crippen MR) is 143 cm³/mol. The minimum absolute atomic E-state index is 0.0566. The SMILES string of the molecule is COOCc1ccc2c(C3CCCCC3)c(-c3cccc([N+](=O)[O-])c3OCCOC3CCCCO3)[nH]c2c1. The van der Waals surface area contributed by atoms with E-state index < -0.39 is 0 Å². The Morgan fingerprint density at radius 2 is 1.89 bits per heavy atom. The van der Waals surface area contributed by atoms with Crippen molar-refractivity contribution in [3.63, 3.8) is 0 Å². The number of H-pyrrole nitrogens is 1. The van der Waals surface area contributed by atoms with Crippen LogP contribution in [0.2, 0.25) is 0 Å². The average molecular weight is 525 g/mol. The monoisotopic (exact) mass is 524 g/mol. The molecule has 2 aliphatic rings. The van der Waals surface area contributed by atoms with Crippen molar-refractivity contribution in [2.24, 2.45) is 0 Å². The van der Waals surface area contributed by atoms with Crippen molar-refractivity contribution in [1.29, 1.82) is 0 Å². The van der Waals surface area contributed by atoms with Gasteiger partial charge in [-0.2, -0.15) is 0 Å². The first-order valence-corrected chi connectivity index (χ1v) is 13.6. The fraction of sp³-hybridized carbons (Fsp3) is 0.517. The van der Waals surface area contributed by atoms with E-state index in [0.29, 0.717) is 31.3 Å². The van der Waals surface area contributed by atoms with Gasteiger partial charge in [0.2, 0.25) is 5.75 Å². The van der Waals surface area contributed by atoms with E-state index in [2.05, 4.69) is 17.1 Å². The zero-order valence-corrected chi connectivity index (χ0v) is 21.9. The maximum Gasteiger partial charge on any atom is 0.311 e. The molecule has 1 saturated heterocycles. The number of nitro groups is 1. The van der Waals surface area contributed by atoms with Crippen molar-refractivity contribution in [2.45, 2.75) is 70.2 Å². The van der Waals surface area contributed by atoms with E-state index >= 15 is 0 Å². The Kier molecular flexibility index (Phi) is 8.90. The third-order valence-electron chi connectivity index (χ3n) is 7.49. The van der Waals surface area contributed by atoms with E-state index in [4.69, 9.17) is 24.0 Å². The van der Waals surface area contributed by atoms with E-state index in [9.17, 15) is 10.1 Å². The molecule has 2 aromatic carbocycles. The lowest BCUT2D eigenvalue weighted by Gasteiger charge is -2.24. The lowest BCUT2D eigenvalue weighted by Crippen LogP contribution is -2.24. The topological polar surface area (TPSA) is 105 Å². The summed E-state index contributed by atoms with van der Waals surface area (Å²) in [6.45, 7) is 1.51. The highest BCUT2D eigenvalue weighted by Gasteiger charge is 2.28. The Balaban J connectivity index is 1.50. The molecule has 9 nitrogen and oxygen atoms in total. The van der Waals surface area contributed by atoms with Gasteiger partial charge in [-0.1, -0.05) is 37.5 Å². The molecule has 9 heteroatoms. The quantitative estimate of drug-likeness (QED) is 0.127. The minimum Gasteiger partial charge on any atom is -0.484 e. The summed E-state index contributed by atoms with van der Waals surface area (Å²) < 4.78 is 17.6. The summed E-state index contributed by atoms with van der Waals surface area (Å²) in [7, 11) is 1.49. The molecule has 1 atom stereocenters. The van der Waals surface area contributed by atoms with Gasteiger partial charge in [-0.25, -0.2) is 9.78 Å². The number of rotatable bonds is 11. The molecule has 1 aromatic heterocycles. The van der Waals surface area contributed by atoms with Crippen LogP contribution in [0, 0.1) is 10.1 Å². The Hall–Kier alpha value is -2.98. The second-order valence-electron chi connectivity index (χ2n) is 9.98. The maximum atomic E-state index is 12.0. The number of aromatic amines is 1. The van der Waals surface area contributed by atoms with Crippen LogP contribution in [0.3, 0.4) is 0 Å². The van der Waals surface area contributed by atoms with Crippen molar-refractivity contribution < 1.29 is 28.9 Å². The molecule has 1 aliphatic carbocycles. The average Bonchev–Trinajstić information content (AvgIpc) is 3.33. The summed E-state index contributed by atoms with van der Waals surface area (Å²) in [6, 6.07) is 11.3. The van der Waals surface area contributed by atoms with Gasteiger partial charge in [0.25, 0.3) is 0 Å². The molecular weight excluding hydrogens is 488 g/mol. The molecule has 3 aromatic rings. The first-order chi connectivity index (χ1) is 18.7. The zero-order chi connectivity index (χ0) is 26.3. The number of benzene rings is 2. The molecule has 0 amide bonds. The maximum absolute atomic E-state index is 12.0. The number of para-hydroxylation sites is 1. The van der Waals surface area contributed by atoms with Crippen LogP contribution in [0.25, 0.3) is 22.2 Å². The van der Waals surface area contributed by atoms with E-state index in [0.717, 1.165) is 54.3 Å². The second-order valence-corrected chi connectivity index (χ2v) is 9.98. The standard InChI is InChI=1S/C29H36N2O7/c1-34-38-19-20-13-14-22-24(18-20)30-28(27(22)21-8-3-2-4-9-21)23-10-7-11-25(31(32)33)29(23)37-17-16-36-26-12-5-6-15-35-26/h7,10-11,13-14,18,21,26,30H,2-6,8-9,12,15-17,19H2,1H3. The minimum atomic E-state index is -0.382. The molecule has 1 aliphatic heterocycles. The molecule has 38 heavy (non-hydrogen) atoms. The Bertz CT molecular complexity index is 1230. The lowest BCUT2D eigenvalue weighted by molar-refractivity contribution is -0.385. The molecule has 0 bridgehead atoms. The summed E-state index contributed by atoms with van der Waals surface area (Å²) in [5.41, 5.74) is 4.66. The number of nitrogens with zero attached hydrogens (tertiary/aromatic N) is 1. The van der Waals surface area contributed by atoms with Crippen molar-refractivity contribution in [2.75, 3.05) is 26.9 Å². The largest absolute Gasteiger partial charge is 0.484 e. The van der Waals surface area contributed by atoms with Crippen LogP contribution < -0.4 is 4.74 Å². The van der Waals surface area contributed by atoms with Crippen LogP contribution in [0.15, 0.2) is 36.4 Å². The van der Waals surface area contributed by atoms with Gasteiger partial charge in [0, 0.05) is 29.1 Å². The summed E-state index contributed by atoms with van der Waals surface area (Å²) in [5, 5.41) is 13.2. The fourth-order valence-electron chi connectivity index (χ4n) is 5.69. The second kappa shape index (κ2) is 12.7. The molecule has 2 fully saturated rings. The molecule has 0 spiro atoms. The highest BCUT2D eigenvalue weighted by molar-refractivity contribution is 5.93. The van der Waals surface area contributed by atoms with Crippen molar-refractivity contribution in [3.8, 4) is 17.0 Å². The first-order valence-electron chi connectivity index (χ1n) is 13.6. The third kappa shape index (κ3) is 6.02. The number of nitrogens with one attached hydrogen (secondary N) is 1. The fourth-order valence-corrected chi connectivity index (χ4v) is 5.69. The van der Waals surface area contributed by atoms with E-state index in [-0.39, 0.29) is 29.3 Å². The number of nitro benzene ring substituents is 1. The molecular formula is C29H36N2O7. The van der Waals surface area contributed by atoms with Crippen LogP contribution in [0.5, 0.6) is 5.75 Å². The molecule has 1 N–H and O–H groups in total. The number of hydrogen-bond donors (Lipinski definition) is 1. The number of hydrogen-bond acceptors (Lipinski definition) is 7. The van der Waals surface area contributed by atoms with Gasteiger partial charge in [-0.05, 0) is 61.3 Å². The number of ether oxygens (including phenoxy) is 3. The van der Waals surface area contributed by atoms with Crippen molar-refractivity contribution in [1.82, 2.24) is 4.98 Å². The Morgan fingerprint density at radius 3 is 2.66 bits per heavy atom. The van der Waals surface area contributed by atoms with Crippen LogP contribution in [0.1, 0.15) is 68.4 Å². The molecule has 2 heterocycles. The van der Waals surface area contributed by atoms with Gasteiger partial charge < -0.3 is 19.2 Å². The first kappa shape index (κ1) is 26.6. The third-order valence-corrected chi connectivity index (χ3v) is 7.49. The van der Waals surface area contributed by atoms with Gasteiger partial charge in [0.15, 0.2) is 6.29 Å². The van der Waals surface area contributed by atoms with E-state index in [1.807, 2.05) is 12.1 Å². The molecule has 204 valence electrons. The number of aromatic nitrogens is 1. The highest BCUT2D eigenvalue weighted by Crippen LogP contribution is 2.46. The van der Waals surface area contributed by atoms with Crippen molar-refractivity contribution in [3.05, 3.63) is 57.6 Å². The van der Waals surface area contributed by atoms with Crippen LogP contribution >= 0.6 is 0 Å². The van der Waals surface area contributed by atoms with Gasteiger partial charge in [0.1, 0.15) is 13.2 Å². The van der Waals surface area contributed by atoms with Crippen LogP contribution in [0.4, 0.5) is 5.69 Å². The van der Waals surface area contributed by atoms with Gasteiger partial charge in [0.05, 0.1) is 24.3 Å². The van der Waals surface area contributed by atoms with E-state index in [1.54, 1.807) is 6.07 Å². The van der Waals surface area contributed by atoms with Gasteiger partial charge >= 0.3 is 5.69 Å².